The Morgan fingerprint density at radius 1 is 1.50 bits per heavy atom. The predicted molar refractivity (Wildman–Crippen MR) is 56.2 cm³/mol. The van der Waals surface area contributed by atoms with E-state index in [4.69, 9.17) is 0 Å². The predicted octanol–water partition coefficient (Wildman–Crippen LogP) is 2.35. The van der Waals surface area contributed by atoms with E-state index in [-0.39, 0.29) is 5.78 Å². The fourth-order valence-electron chi connectivity index (χ4n) is 1.31. The average Bonchev–Trinajstić information content (AvgIpc) is 2.60. The Balaban J connectivity index is 2.86. The Morgan fingerprint density at radius 3 is 2.57 bits per heavy atom. The van der Waals surface area contributed by atoms with Gasteiger partial charge in [0.2, 0.25) is 5.78 Å². The van der Waals surface area contributed by atoms with Crippen LogP contribution in [0.3, 0.4) is 0 Å². The van der Waals surface area contributed by atoms with Gasteiger partial charge in [-0.05, 0) is 18.9 Å². The quantitative estimate of drug-likeness (QED) is 0.542. The maximum atomic E-state index is 11.7. The number of hydrogen-bond donors (Lipinski definition) is 0. The number of carbonyl (C=O) groups is 1. The van der Waals surface area contributed by atoms with Gasteiger partial charge in [0.1, 0.15) is 0 Å². The van der Waals surface area contributed by atoms with Gasteiger partial charge in [0.05, 0.1) is 0 Å². The number of carbonyl (C=O) groups excluding carboxylic acids is 1. The van der Waals surface area contributed by atoms with Crippen LogP contribution in [0.15, 0.2) is 24.0 Å². The number of aryl methyl sites for hydroxylation is 1. The molecule has 0 amide bonds. The summed E-state index contributed by atoms with van der Waals surface area (Å²) in [6, 6.07) is 0. The van der Waals surface area contributed by atoms with E-state index < -0.39 is 0 Å². The topological polar surface area (TPSA) is 34.9 Å². The third kappa shape index (κ3) is 2.31. The number of aromatic nitrogens is 2. The summed E-state index contributed by atoms with van der Waals surface area (Å²) in [5, 5.41) is 0. The first-order valence-corrected chi connectivity index (χ1v) is 4.90. The first kappa shape index (κ1) is 10.7. The molecule has 0 atom stereocenters. The van der Waals surface area contributed by atoms with E-state index in [0.29, 0.717) is 5.82 Å². The number of ketones is 1. The summed E-state index contributed by atoms with van der Waals surface area (Å²) >= 11 is 0. The molecule has 0 saturated heterocycles. The highest BCUT2D eigenvalue weighted by Gasteiger charge is 2.07. The van der Waals surface area contributed by atoms with Crippen LogP contribution in [0.25, 0.3) is 0 Å². The van der Waals surface area contributed by atoms with E-state index in [1.54, 1.807) is 23.0 Å². The van der Waals surface area contributed by atoms with E-state index >= 15 is 0 Å². The first-order chi connectivity index (χ1) is 6.69. The lowest BCUT2D eigenvalue weighted by Crippen LogP contribution is -2.05. The molecule has 1 rings (SSSR count). The van der Waals surface area contributed by atoms with Crippen molar-refractivity contribution in [3.63, 3.8) is 0 Å². The lowest BCUT2D eigenvalue weighted by Gasteiger charge is -2.00. The summed E-state index contributed by atoms with van der Waals surface area (Å²) in [4.78, 5) is 15.7. The van der Waals surface area contributed by atoms with Crippen molar-refractivity contribution in [2.75, 3.05) is 0 Å². The van der Waals surface area contributed by atoms with Gasteiger partial charge in [-0.25, -0.2) is 4.98 Å². The number of rotatable bonds is 4. The van der Waals surface area contributed by atoms with Crippen LogP contribution in [0.1, 0.15) is 37.3 Å². The minimum atomic E-state index is -0.00352. The molecule has 3 heteroatoms. The molecule has 1 heterocycles. The van der Waals surface area contributed by atoms with Gasteiger partial charge in [-0.15, -0.1) is 0 Å². The van der Waals surface area contributed by atoms with E-state index in [0.717, 1.165) is 18.4 Å². The molecule has 1 aromatic rings. The Morgan fingerprint density at radius 2 is 2.14 bits per heavy atom. The summed E-state index contributed by atoms with van der Waals surface area (Å²) < 4.78 is 1.74. The maximum Gasteiger partial charge on any atom is 0.221 e. The molecule has 0 bridgehead atoms. The van der Waals surface area contributed by atoms with Crippen molar-refractivity contribution >= 4 is 5.78 Å². The van der Waals surface area contributed by atoms with Crippen LogP contribution in [-0.2, 0) is 7.05 Å². The standard InChI is InChI=1S/C11H16N2O/c1-4-9(5-2)8-10(14)11-12-6-7-13(11)3/h6-8H,4-5H2,1-3H3. The van der Waals surface area contributed by atoms with Gasteiger partial charge in [-0.2, -0.15) is 0 Å². The largest absolute Gasteiger partial charge is 0.331 e. The zero-order chi connectivity index (χ0) is 10.6. The zero-order valence-electron chi connectivity index (χ0n) is 8.95. The van der Waals surface area contributed by atoms with Gasteiger partial charge < -0.3 is 4.57 Å². The van der Waals surface area contributed by atoms with Crippen LogP contribution in [0, 0.1) is 0 Å². The minimum Gasteiger partial charge on any atom is -0.331 e. The third-order valence-electron chi connectivity index (χ3n) is 2.29. The highest BCUT2D eigenvalue weighted by atomic mass is 16.1. The summed E-state index contributed by atoms with van der Waals surface area (Å²) in [6.45, 7) is 4.11. The van der Waals surface area contributed by atoms with Crippen molar-refractivity contribution in [3.8, 4) is 0 Å². The number of allylic oxidation sites excluding steroid dienone is 2. The van der Waals surface area contributed by atoms with Crippen molar-refractivity contribution in [1.82, 2.24) is 9.55 Å². The summed E-state index contributed by atoms with van der Waals surface area (Å²) in [5.41, 5.74) is 1.16. The third-order valence-corrected chi connectivity index (χ3v) is 2.29. The van der Waals surface area contributed by atoms with Gasteiger partial charge in [-0.1, -0.05) is 19.4 Å². The second kappa shape index (κ2) is 4.74. The van der Waals surface area contributed by atoms with Crippen LogP contribution in [-0.4, -0.2) is 15.3 Å². The summed E-state index contributed by atoms with van der Waals surface area (Å²) in [5.74, 6) is 0.501. The molecule has 0 aliphatic heterocycles. The Bertz CT molecular complexity index is 344. The van der Waals surface area contributed by atoms with Gasteiger partial charge in [0.15, 0.2) is 5.82 Å². The lowest BCUT2D eigenvalue weighted by molar-refractivity contribution is 0.103. The van der Waals surface area contributed by atoms with Gasteiger partial charge in [0, 0.05) is 19.4 Å². The van der Waals surface area contributed by atoms with Crippen molar-refractivity contribution in [2.45, 2.75) is 26.7 Å². The molecule has 0 unspecified atom stereocenters. The Kier molecular flexibility index (Phi) is 3.63. The number of imidazole rings is 1. The molecule has 0 fully saturated rings. The molecule has 0 spiro atoms. The van der Waals surface area contributed by atoms with Gasteiger partial charge >= 0.3 is 0 Å². The van der Waals surface area contributed by atoms with E-state index in [9.17, 15) is 4.79 Å². The second-order valence-electron chi connectivity index (χ2n) is 3.24. The summed E-state index contributed by atoms with van der Waals surface area (Å²) in [7, 11) is 1.83. The van der Waals surface area contributed by atoms with Crippen LogP contribution in [0.2, 0.25) is 0 Å². The van der Waals surface area contributed by atoms with E-state index in [1.807, 2.05) is 7.05 Å². The molecule has 0 N–H and O–H groups in total. The van der Waals surface area contributed by atoms with Gasteiger partial charge in [-0.3, -0.25) is 4.79 Å². The fourth-order valence-corrected chi connectivity index (χ4v) is 1.31. The molecule has 0 aromatic carbocycles. The monoisotopic (exact) mass is 192 g/mol. The average molecular weight is 192 g/mol. The van der Waals surface area contributed by atoms with E-state index in [2.05, 4.69) is 18.8 Å². The normalized spacial score (nSPS) is 9.93. The second-order valence-corrected chi connectivity index (χ2v) is 3.24. The molecule has 76 valence electrons. The molecule has 3 nitrogen and oxygen atoms in total. The first-order valence-electron chi connectivity index (χ1n) is 4.90. The Hall–Kier alpha value is -1.38. The molecule has 0 saturated carbocycles. The lowest BCUT2D eigenvalue weighted by atomic mass is 10.1. The molecular formula is C11H16N2O. The highest BCUT2D eigenvalue weighted by Crippen LogP contribution is 2.07. The van der Waals surface area contributed by atoms with Crippen LogP contribution in [0.4, 0.5) is 0 Å². The minimum absolute atomic E-state index is 0.00352. The molecule has 1 aromatic heterocycles. The fraction of sp³-hybridized carbons (Fsp3) is 0.455. The van der Waals surface area contributed by atoms with Crippen molar-refractivity contribution in [3.05, 3.63) is 29.9 Å². The zero-order valence-corrected chi connectivity index (χ0v) is 8.95. The SMILES string of the molecule is CCC(=CC(=O)c1nccn1C)CC. The van der Waals surface area contributed by atoms with Crippen LogP contribution in [0.5, 0.6) is 0 Å². The van der Waals surface area contributed by atoms with Crippen molar-refractivity contribution in [1.29, 1.82) is 0 Å². The number of hydrogen-bond acceptors (Lipinski definition) is 2. The maximum absolute atomic E-state index is 11.7. The Labute approximate surface area is 84.5 Å². The molecular weight excluding hydrogens is 176 g/mol. The molecule has 14 heavy (non-hydrogen) atoms. The van der Waals surface area contributed by atoms with Crippen LogP contribution < -0.4 is 0 Å². The van der Waals surface area contributed by atoms with Crippen molar-refractivity contribution < 1.29 is 4.79 Å². The smallest absolute Gasteiger partial charge is 0.221 e. The molecule has 0 aliphatic rings. The number of nitrogens with zero attached hydrogens (tertiary/aromatic N) is 2. The van der Waals surface area contributed by atoms with E-state index in [1.165, 1.54) is 0 Å². The van der Waals surface area contributed by atoms with Crippen LogP contribution >= 0.6 is 0 Å². The molecule has 0 radical (unpaired) electrons. The summed E-state index contributed by atoms with van der Waals surface area (Å²) in [6.07, 6.45) is 6.96. The van der Waals surface area contributed by atoms with Gasteiger partial charge in [0.25, 0.3) is 0 Å². The van der Waals surface area contributed by atoms with Crippen molar-refractivity contribution in [2.24, 2.45) is 7.05 Å². The highest BCUT2D eigenvalue weighted by molar-refractivity contribution is 6.02. The molecule has 0 aliphatic carbocycles.